The summed E-state index contributed by atoms with van der Waals surface area (Å²) in [4.78, 5) is 2.28. The van der Waals surface area contributed by atoms with Gasteiger partial charge in [-0.3, -0.25) is 0 Å². The number of hydrogen-bond acceptors (Lipinski definition) is 3. The Hall–Kier alpha value is -1.06. The standard InChI is InChI=1S/C16H25NO2/c1-12(17(2)11-13-5-4-6-13)16(18)14-7-9-15(19-3)10-8-14/h7-10,12-13,16,18H,4-6,11H2,1-3H3. The molecule has 1 fully saturated rings. The fourth-order valence-electron chi connectivity index (χ4n) is 2.57. The number of ether oxygens (including phenoxy) is 1. The number of aliphatic hydroxyl groups excluding tert-OH is 1. The molecule has 3 nitrogen and oxygen atoms in total. The molecule has 0 aliphatic heterocycles. The quantitative estimate of drug-likeness (QED) is 0.856. The number of benzene rings is 1. The Balaban J connectivity index is 1.93. The first-order chi connectivity index (χ1) is 9.11. The largest absolute Gasteiger partial charge is 0.497 e. The van der Waals surface area contributed by atoms with Crippen molar-refractivity contribution in [3.8, 4) is 5.75 Å². The van der Waals surface area contributed by atoms with E-state index in [0.29, 0.717) is 0 Å². The highest BCUT2D eigenvalue weighted by Gasteiger charge is 2.25. The molecule has 0 heterocycles. The van der Waals surface area contributed by atoms with Gasteiger partial charge in [0.2, 0.25) is 0 Å². The monoisotopic (exact) mass is 263 g/mol. The van der Waals surface area contributed by atoms with Crippen LogP contribution in [0.25, 0.3) is 0 Å². The van der Waals surface area contributed by atoms with Crippen molar-refractivity contribution < 1.29 is 9.84 Å². The van der Waals surface area contributed by atoms with Gasteiger partial charge < -0.3 is 14.7 Å². The molecule has 106 valence electrons. The molecule has 0 aromatic heterocycles. The van der Waals surface area contributed by atoms with Crippen LogP contribution in [0.5, 0.6) is 5.75 Å². The average molecular weight is 263 g/mol. The molecule has 1 aliphatic carbocycles. The fourth-order valence-corrected chi connectivity index (χ4v) is 2.57. The maximum absolute atomic E-state index is 10.4. The van der Waals surface area contributed by atoms with Gasteiger partial charge in [-0.05, 0) is 50.4 Å². The molecular weight excluding hydrogens is 238 g/mol. The number of aliphatic hydroxyl groups is 1. The maximum Gasteiger partial charge on any atom is 0.118 e. The summed E-state index contributed by atoms with van der Waals surface area (Å²) in [5, 5.41) is 10.4. The first kappa shape index (κ1) is 14.4. The predicted octanol–water partition coefficient (Wildman–Crippen LogP) is 2.85. The van der Waals surface area contributed by atoms with Crippen LogP contribution in [0.3, 0.4) is 0 Å². The zero-order valence-corrected chi connectivity index (χ0v) is 12.2. The molecule has 1 saturated carbocycles. The maximum atomic E-state index is 10.4. The zero-order chi connectivity index (χ0) is 13.8. The Kier molecular flexibility index (Phi) is 4.83. The van der Waals surface area contributed by atoms with Crippen molar-refractivity contribution in [3.63, 3.8) is 0 Å². The van der Waals surface area contributed by atoms with Gasteiger partial charge in [-0.15, -0.1) is 0 Å². The van der Waals surface area contributed by atoms with Gasteiger partial charge in [0.25, 0.3) is 0 Å². The van der Waals surface area contributed by atoms with E-state index in [1.807, 2.05) is 24.3 Å². The first-order valence-electron chi connectivity index (χ1n) is 7.14. The summed E-state index contributed by atoms with van der Waals surface area (Å²) >= 11 is 0. The van der Waals surface area contributed by atoms with Gasteiger partial charge in [0, 0.05) is 12.6 Å². The van der Waals surface area contributed by atoms with Gasteiger partial charge in [-0.2, -0.15) is 0 Å². The summed E-state index contributed by atoms with van der Waals surface area (Å²) < 4.78 is 5.14. The SMILES string of the molecule is COc1ccc(C(O)C(C)N(C)CC2CCC2)cc1. The van der Waals surface area contributed by atoms with E-state index in [0.717, 1.165) is 23.8 Å². The second-order valence-electron chi connectivity index (χ2n) is 5.70. The zero-order valence-electron chi connectivity index (χ0n) is 12.2. The van der Waals surface area contributed by atoms with Gasteiger partial charge in [0.1, 0.15) is 5.75 Å². The third kappa shape index (κ3) is 3.48. The minimum absolute atomic E-state index is 0.133. The molecule has 0 amide bonds. The van der Waals surface area contributed by atoms with E-state index < -0.39 is 6.10 Å². The first-order valence-corrected chi connectivity index (χ1v) is 7.14. The van der Waals surface area contributed by atoms with Crippen LogP contribution < -0.4 is 4.74 Å². The lowest BCUT2D eigenvalue weighted by atomic mass is 9.85. The van der Waals surface area contributed by atoms with Gasteiger partial charge in [-0.25, -0.2) is 0 Å². The van der Waals surface area contributed by atoms with Crippen molar-refractivity contribution in [2.45, 2.75) is 38.3 Å². The summed E-state index contributed by atoms with van der Waals surface area (Å²) in [5.41, 5.74) is 0.953. The second kappa shape index (κ2) is 6.40. The van der Waals surface area contributed by atoms with E-state index in [9.17, 15) is 5.11 Å². The van der Waals surface area contributed by atoms with Gasteiger partial charge >= 0.3 is 0 Å². The van der Waals surface area contributed by atoms with Crippen LogP contribution in [0.2, 0.25) is 0 Å². The molecule has 2 rings (SSSR count). The van der Waals surface area contributed by atoms with Crippen LogP contribution in [-0.2, 0) is 0 Å². The summed E-state index contributed by atoms with van der Waals surface area (Å²) in [5.74, 6) is 1.65. The molecule has 0 spiro atoms. The number of nitrogens with zero attached hydrogens (tertiary/aromatic N) is 1. The number of rotatable bonds is 6. The summed E-state index contributed by atoms with van der Waals surface area (Å²) in [7, 11) is 3.76. The van der Waals surface area contributed by atoms with Gasteiger partial charge in [0.15, 0.2) is 0 Å². The van der Waals surface area contributed by atoms with Crippen molar-refractivity contribution in [3.05, 3.63) is 29.8 Å². The molecule has 3 heteroatoms. The number of likely N-dealkylation sites (N-methyl/N-ethyl adjacent to an activating group) is 1. The molecule has 0 bridgehead atoms. The molecule has 1 N–H and O–H groups in total. The summed E-state index contributed by atoms with van der Waals surface area (Å²) in [6.07, 6.45) is 3.61. The Morgan fingerprint density at radius 2 is 1.95 bits per heavy atom. The highest BCUT2D eigenvalue weighted by Crippen LogP contribution is 2.29. The van der Waals surface area contributed by atoms with Crippen molar-refractivity contribution in [2.24, 2.45) is 5.92 Å². The van der Waals surface area contributed by atoms with E-state index in [2.05, 4.69) is 18.9 Å². The Bertz CT molecular complexity index is 386. The van der Waals surface area contributed by atoms with Crippen molar-refractivity contribution in [2.75, 3.05) is 20.7 Å². The summed E-state index contributed by atoms with van der Waals surface area (Å²) in [6.45, 7) is 3.18. The van der Waals surface area contributed by atoms with E-state index in [1.54, 1.807) is 7.11 Å². The molecule has 1 aromatic carbocycles. The molecule has 19 heavy (non-hydrogen) atoms. The molecule has 1 aromatic rings. The van der Waals surface area contributed by atoms with Crippen LogP contribution in [0.1, 0.15) is 37.9 Å². The van der Waals surface area contributed by atoms with Crippen LogP contribution in [0.15, 0.2) is 24.3 Å². The van der Waals surface area contributed by atoms with E-state index in [-0.39, 0.29) is 6.04 Å². The third-order valence-electron chi connectivity index (χ3n) is 4.38. The fraction of sp³-hybridized carbons (Fsp3) is 0.625. The number of methoxy groups -OCH3 is 1. The normalized spacial score (nSPS) is 19.0. The average Bonchev–Trinajstić information content (AvgIpc) is 2.41. The van der Waals surface area contributed by atoms with Gasteiger partial charge in [-0.1, -0.05) is 18.6 Å². The van der Waals surface area contributed by atoms with Crippen LogP contribution in [0, 0.1) is 5.92 Å². The Morgan fingerprint density at radius 3 is 2.42 bits per heavy atom. The molecule has 0 saturated heterocycles. The van der Waals surface area contributed by atoms with Crippen molar-refractivity contribution in [1.29, 1.82) is 0 Å². The minimum atomic E-state index is -0.448. The van der Waals surface area contributed by atoms with E-state index in [4.69, 9.17) is 4.74 Å². The van der Waals surface area contributed by atoms with Crippen LogP contribution >= 0.6 is 0 Å². The Morgan fingerprint density at radius 1 is 1.32 bits per heavy atom. The lowest BCUT2D eigenvalue weighted by molar-refractivity contribution is 0.0555. The van der Waals surface area contributed by atoms with Gasteiger partial charge in [0.05, 0.1) is 13.2 Å². The molecule has 2 atom stereocenters. The molecule has 0 radical (unpaired) electrons. The van der Waals surface area contributed by atoms with Crippen molar-refractivity contribution in [1.82, 2.24) is 4.90 Å². The lowest BCUT2D eigenvalue weighted by Gasteiger charge is -2.35. The third-order valence-corrected chi connectivity index (χ3v) is 4.38. The Labute approximate surface area is 116 Å². The smallest absolute Gasteiger partial charge is 0.118 e. The minimum Gasteiger partial charge on any atom is -0.497 e. The predicted molar refractivity (Wildman–Crippen MR) is 77.4 cm³/mol. The molecular formula is C16H25NO2. The number of hydrogen-bond donors (Lipinski definition) is 1. The van der Waals surface area contributed by atoms with E-state index in [1.165, 1.54) is 19.3 Å². The molecule has 2 unspecified atom stereocenters. The second-order valence-corrected chi connectivity index (χ2v) is 5.70. The van der Waals surface area contributed by atoms with E-state index >= 15 is 0 Å². The lowest BCUT2D eigenvalue weighted by Crippen LogP contribution is -2.39. The molecule has 1 aliphatic rings. The van der Waals surface area contributed by atoms with Crippen LogP contribution in [0.4, 0.5) is 0 Å². The van der Waals surface area contributed by atoms with Crippen LogP contribution in [-0.4, -0.2) is 36.8 Å². The summed E-state index contributed by atoms with van der Waals surface area (Å²) in [6, 6.07) is 7.82. The van der Waals surface area contributed by atoms with Crippen molar-refractivity contribution >= 4 is 0 Å². The highest BCUT2D eigenvalue weighted by atomic mass is 16.5. The topological polar surface area (TPSA) is 32.7 Å². The highest BCUT2D eigenvalue weighted by molar-refractivity contribution is 5.29.